The summed E-state index contributed by atoms with van der Waals surface area (Å²) in [6.45, 7) is 9.09. The van der Waals surface area contributed by atoms with Gasteiger partial charge in [0.25, 0.3) is 0 Å². The number of hydrogen-bond donors (Lipinski definition) is 2. The lowest BCUT2D eigenvalue weighted by Crippen LogP contribution is -2.67. The molecule has 19 heavy (non-hydrogen) atoms. The van der Waals surface area contributed by atoms with Crippen molar-refractivity contribution >= 4 is 5.97 Å². The Hall–Kier alpha value is -0.610. The zero-order valence-electron chi connectivity index (χ0n) is 12.7. The van der Waals surface area contributed by atoms with Crippen LogP contribution in [0.15, 0.2) is 0 Å². The van der Waals surface area contributed by atoms with Crippen LogP contribution in [0.25, 0.3) is 0 Å². The topological polar surface area (TPSA) is 49.3 Å². The first-order chi connectivity index (χ1) is 8.86. The van der Waals surface area contributed by atoms with Crippen LogP contribution in [0.2, 0.25) is 0 Å². The van der Waals surface area contributed by atoms with E-state index < -0.39 is 5.97 Å². The molecule has 0 radical (unpaired) electrons. The summed E-state index contributed by atoms with van der Waals surface area (Å²) < 4.78 is 0.825. The third-order valence-electron chi connectivity index (χ3n) is 5.25. The number of carboxylic acids is 1. The van der Waals surface area contributed by atoms with Crippen LogP contribution in [0.3, 0.4) is 0 Å². The van der Waals surface area contributed by atoms with Crippen molar-refractivity contribution < 1.29 is 14.4 Å². The summed E-state index contributed by atoms with van der Waals surface area (Å²) in [6, 6.07) is 2.57. The van der Waals surface area contributed by atoms with Crippen LogP contribution in [0.4, 0.5) is 0 Å². The van der Waals surface area contributed by atoms with Crippen molar-refractivity contribution in [3.63, 3.8) is 0 Å². The summed E-state index contributed by atoms with van der Waals surface area (Å²) in [5, 5.41) is 13.0. The van der Waals surface area contributed by atoms with E-state index in [9.17, 15) is 9.90 Å². The van der Waals surface area contributed by atoms with Crippen LogP contribution >= 0.6 is 0 Å². The number of aliphatic carboxylic acids is 1. The van der Waals surface area contributed by atoms with Gasteiger partial charge in [-0.2, -0.15) is 0 Å². The number of quaternary nitrogens is 1. The number of nitrogens with zero attached hydrogens (tertiary/aromatic N) is 1. The van der Waals surface area contributed by atoms with Crippen molar-refractivity contribution in [3.8, 4) is 0 Å². The Balaban J connectivity index is 2.17. The fourth-order valence-electron chi connectivity index (χ4n) is 4.67. The highest BCUT2D eigenvalue weighted by molar-refractivity contribution is 5.68. The van der Waals surface area contributed by atoms with E-state index in [-0.39, 0.29) is 0 Å². The number of fused-ring (bicyclic) bond motifs is 2. The van der Waals surface area contributed by atoms with E-state index in [1.54, 1.807) is 0 Å². The van der Waals surface area contributed by atoms with E-state index in [1.165, 1.54) is 12.8 Å². The highest BCUT2D eigenvalue weighted by Gasteiger charge is 2.56. The molecule has 4 heteroatoms. The van der Waals surface area contributed by atoms with Gasteiger partial charge < -0.3 is 14.9 Å². The molecule has 2 N–H and O–H groups in total. The zero-order chi connectivity index (χ0) is 14.2. The second-order valence-electron chi connectivity index (χ2n) is 7.02. The lowest BCUT2D eigenvalue weighted by atomic mass is 9.91. The van der Waals surface area contributed by atoms with Gasteiger partial charge in [0.05, 0.1) is 18.1 Å². The minimum absolute atomic E-state index is 0.307. The number of nitrogens with one attached hydrogen (secondary N) is 1. The van der Waals surface area contributed by atoms with E-state index >= 15 is 0 Å². The first-order valence-electron chi connectivity index (χ1n) is 7.71. The van der Waals surface area contributed by atoms with Crippen molar-refractivity contribution in [2.75, 3.05) is 6.54 Å². The van der Waals surface area contributed by atoms with E-state index in [1.807, 2.05) is 0 Å². The van der Waals surface area contributed by atoms with Gasteiger partial charge >= 0.3 is 5.97 Å². The van der Waals surface area contributed by atoms with Gasteiger partial charge in [-0.25, -0.2) is 4.79 Å². The average Bonchev–Trinajstić information content (AvgIpc) is 2.47. The molecule has 0 amide bonds. The third-order valence-corrected chi connectivity index (χ3v) is 5.25. The maximum absolute atomic E-state index is 11.3. The highest BCUT2D eigenvalue weighted by Crippen LogP contribution is 2.44. The predicted octanol–water partition coefficient (Wildman–Crippen LogP) is 1.99. The Kier molecular flexibility index (Phi) is 4.21. The van der Waals surface area contributed by atoms with Gasteiger partial charge in [0.15, 0.2) is 6.54 Å². The van der Waals surface area contributed by atoms with Gasteiger partial charge in [-0.05, 0) is 13.8 Å². The summed E-state index contributed by atoms with van der Waals surface area (Å²) in [7, 11) is 0. The number of hydrogen-bond acceptors (Lipinski definition) is 2. The number of carbonyl (C=O) groups is 1. The molecule has 4 atom stereocenters. The standard InChI is InChI=1S/C15H28N2O2/c1-10(2)16-12-7-13-5-6-14(8-12)17(13,11(3)4)9-15(18)19/h10-14,16H,5-9H2,1-4H3/p+1/t12?,13-,14+,17?. The molecule has 0 saturated carbocycles. The SMILES string of the molecule is CC(C)NC1C[C@H]2CC[C@@H](C1)[N+]2(CC(=O)O)C(C)C. The van der Waals surface area contributed by atoms with E-state index in [0.29, 0.717) is 36.8 Å². The van der Waals surface area contributed by atoms with Crippen LogP contribution in [0.5, 0.6) is 0 Å². The monoisotopic (exact) mass is 269 g/mol. The van der Waals surface area contributed by atoms with Gasteiger partial charge in [-0.3, -0.25) is 0 Å². The molecular weight excluding hydrogens is 240 g/mol. The molecule has 2 aliphatic heterocycles. The maximum Gasteiger partial charge on any atom is 0.359 e. The lowest BCUT2D eigenvalue weighted by Gasteiger charge is -2.52. The highest BCUT2D eigenvalue weighted by atomic mass is 16.4. The lowest BCUT2D eigenvalue weighted by molar-refractivity contribution is -0.978. The summed E-state index contributed by atoms with van der Waals surface area (Å²) in [5.41, 5.74) is 0. The average molecular weight is 269 g/mol. The van der Waals surface area contributed by atoms with Crippen LogP contribution in [0, 0.1) is 0 Å². The minimum atomic E-state index is -0.638. The minimum Gasteiger partial charge on any atom is -0.477 e. The van der Waals surface area contributed by atoms with Crippen molar-refractivity contribution in [2.24, 2.45) is 0 Å². The molecule has 0 spiro atoms. The molecule has 2 fully saturated rings. The Morgan fingerprint density at radius 2 is 1.74 bits per heavy atom. The fourth-order valence-corrected chi connectivity index (χ4v) is 4.67. The van der Waals surface area contributed by atoms with Gasteiger partial charge in [-0.1, -0.05) is 13.8 Å². The summed E-state index contributed by atoms with van der Waals surface area (Å²) >= 11 is 0. The fraction of sp³-hybridized carbons (Fsp3) is 0.933. The molecule has 0 aromatic rings. The Morgan fingerprint density at radius 3 is 2.11 bits per heavy atom. The second kappa shape index (κ2) is 5.41. The third kappa shape index (κ3) is 2.65. The zero-order valence-corrected chi connectivity index (χ0v) is 12.7. The molecular formula is C15H29N2O2+. The van der Waals surface area contributed by atoms with Crippen LogP contribution in [-0.4, -0.2) is 52.3 Å². The predicted molar refractivity (Wildman–Crippen MR) is 76.0 cm³/mol. The Bertz CT molecular complexity index is 327. The number of piperidine rings is 1. The van der Waals surface area contributed by atoms with Gasteiger partial charge in [0.2, 0.25) is 0 Å². The van der Waals surface area contributed by atoms with Crippen molar-refractivity contribution in [1.29, 1.82) is 0 Å². The summed E-state index contributed by atoms with van der Waals surface area (Å²) in [6.07, 6.45) is 4.68. The Labute approximate surface area is 116 Å². The van der Waals surface area contributed by atoms with Gasteiger partial charge in [0.1, 0.15) is 0 Å². The molecule has 2 heterocycles. The largest absolute Gasteiger partial charge is 0.477 e. The van der Waals surface area contributed by atoms with Crippen molar-refractivity contribution in [3.05, 3.63) is 0 Å². The van der Waals surface area contributed by atoms with Crippen molar-refractivity contribution in [1.82, 2.24) is 5.32 Å². The Morgan fingerprint density at radius 1 is 1.21 bits per heavy atom. The van der Waals surface area contributed by atoms with E-state index in [4.69, 9.17) is 0 Å². The van der Waals surface area contributed by atoms with Crippen LogP contribution in [0.1, 0.15) is 53.4 Å². The van der Waals surface area contributed by atoms with Gasteiger partial charge in [0, 0.05) is 37.8 Å². The first kappa shape index (κ1) is 14.8. The molecule has 2 rings (SSSR count). The molecule has 2 bridgehead atoms. The number of rotatable bonds is 5. The molecule has 2 unspecified atom stereocenters. The summed E-state index contributed by atoms with van der Waals surface area (Å²) in [5.74, 6) is -0.638. The molecule has 0 aromatic heterocycles. The first-order valence-corrected chi connectivity index (χ1v) is 7.71. The van der Waals surface area contributed by atoms with E-state index in [0.717, 1.165) is 17.3 Å². The smallest absolute Gasteiger partial charge is 0.359 e. The molecule has 2 aliphatic rings. The second-order valence-corrected chi connectivity index (χ2v) is 7.02. The molecule has 0 aromatic carbocycles. The molecule has 4 nitrogen and oxygen atoms in total. The summed E-state index contributed by atoms with van der Waals surface area (Å²) in [4.78, 5) is 11.3. The maximum atomic E-state index is 11.3. The molecule has 2 saturated heterocycles. The normalized spacial score (nSPS) is 38.1. The van der Waals surface area contributed by atoms with Gasteiger partial charge in [-0.15, -0.1) is 0 Å². The quantitative estimate of drug-likeness (QED) is 0.750. The van der Waals surface area contributed by atoms with E-state index in [2.05, 4.69) is 33.0 Å². The molecule has 0 aliphatic carbocycles. The van der Waals surface area contributed by atoms with Crippen molar-refractivity contribution in [2.45, 2.75) is 83.6 Å². The molecule has 110 valence electrons. The van der Waals surface area contributed by atoms with Crippen LogP contribution in [-0.2, 0) is 4.79 Å². The van der Waals surface area contributed by atoms with Crippen LogP contribution < -0.4 is 5.32 Å². The number of carboxylic acid groups (broad SMARTS) is 1.